The van der Waals surface area contributed by atoms with Crippen LogP contribution >= 0.6 is 0 Å². The van der Waals surface area contributed by atoms with Crippen LogP contribution in [0.4, 0.5) is 0 Å². The maximum Gasteiger partial charge on any atom is 0.335 e. The molecule has 0 unspecified atom stereocenters. The van der Waals surface area contributed by atoms with Gasteiger partial charge in [0.05, 0.1) is 5.56 Å². The van der Waals surface area contributed by atoms with Crippen molar-refractivity contribution >= 4 is 5.97 Å². The molecule has 0 radical (unpaired) electrons. The molecule has 0 saturated heterocycles. The van der Waals surface area contributed by atoms with Gasteiger partial charge in [0.15, 0.2) is 0 Å². The molecule has 5 nitrogen and oxygen atoms in total. The van der Waals surface area contributed by atoms with E-state index in [0.29, 0.717) is 17.3 Å². The van der Waals surface area contributed by atoms with Gasteiger partial charge in [-0.05, 0) is 46.2 Å². The third-order valence-corrected chi connectivity index (χ3v) is 4.73. The van der Waals surface area contributed by atoms with Gasteiger partial charge in [0.1, 0.15) is 0 Å². The molecule has 0 aliphatic rings. The summed E-state index contributed by atoms with van der Waals surface area (Å²) >= 11 is 0. The van der Waals surface area contributed by atoms with Crippen molar-refractivity contribution in [1.29, 1.82) is 0 Å². The van der Waals surface area contributed by atoms with E-state index < -0.39 is 5.97 Å². The van der Waals surface area contributed by atoms with E-state index >= 15 is 0 Å². The Morgan fingerprint density at radius 1 is 0.857 bits per heavy atom. The van der Waals surface area contributed by atoms with Crippen molar-refractivity contribution in [1.82, 2.24) is 10.1 Å². The Bertz CT molecular complexity index is 971. The highest BCUT2D eigenvalue weighted by Crippen LogP contribution is 2.34. The zero-order valence-electron chi connectivity index (χ0n) is 17.2. The standard InChI is InChI=1S/C23H26N2O3/c1-22(2,3)17-11-16(12-18(13-17)23(4,5)6)20-24-19(25-28-20)14-7-9-15(10-8-14)21(26)27/h7-13H,1-6H3,(H,26,27). The molecule has 1 heterocycles. The number of carboxylic acid groups (broad SMARTS) is 1. The van der Waals surface area contributed by atoms with Gasteiger partial charge >= 0.3 is 5.97 Å². The first kappa shape index (κ1) is 19.8. The van der Waals surface area contributed by atoms with Gasteiger partial charge in [0, 0.05) is 11.1 Å². The van der Waals surface area contributed by atoms with Crippen LogP contribution in [0.5, 0.6) is 0 Å². The molecule has 5 heteroatoms. The van der Waals surface area contributed by atoms with Crippen molar-refractivity contribution in [3.05, 3.63) is 59.2 Å². The van der Waals surface area contributed by atoms with Crippen LogP contribution < -0.4 is 0 Å². The average molecular weight is 378 g/mol. The number of nitrogens with zero attached hydrogens (tertiary/aromatic N) is 2. The van der Waals surface area contributed by atoms with Gasteiger partial charge in [-0.15, -0.1) is 0 Å². The molecule has 28 heavy (non-hydrogen) atoms. The van der Waals surface area contributed by atoms with Gasteiger partial charge in [-0.3, -0.25) is 0 Å². The number of rotatable bonds is 3. The molecule has 146 valence electrons. The van der Waals surface area contributed by atoms with Crippen molar-refractivity contribution in [2.45, 2.75) is 52.4 Å². The Hall–Kier alpha value is -2.95. The summed E-state index contributed by atoms with van der Waals surface area (Å²) in [7, 11) is 0. The molecule has 3 aromatic rings. The van der Waals surface area contributed by atoms with E-state index in [0.717, 1.165) is 5.56 Å². The minimum absolute atomic E-state index is 0.00841. The highest BCUT2D eigenvalue weighted by molar-refractivity contribution is 5.88. The van der Waals surface area contributed by atoms with E-state index in [9.17, 15) is 4.79 Å². The number of benzene rings is 2. The smallest absolute Gasteiger partial charge is 0.335 e. The fourth-order valence-electron chi connectivity index (χ4n) is 2.84. The summed E-state index contributed by atoms with van der Waals surface area (Å²) in [5.41, 5.74) is 4.22. The van der Waals surface area contributed by atoms with Crippen LogP contribution in [0, 0.1) is 0 Å². The SMILES string of the molecule is CC(C)(C)c1cc(-c2nc(-c3ccc(C(=O)O)cc3)no2)cc(C(C)(C)C)c1. The quantitative estimate of drug-likeness (QED) is 0.633. The number of aromatic nitrogens is 2. The third kappa shape index (κ3) is 4.14. The van der Waals surface area contributed by atoms with Crippen LogP contribution in [0.3, 0.4) is 0 Å². The molecule has 3 rings (SSSR count). The summed E-state index contributed by atoms with van der Waals surface area (Å²) in [5.74, 6) is -0.0756. The Morgan fingerprint density at radius 3 is 1.86 bits per heavy atom. The largest absolute Gasteiger partial charge is 0.478 e. The van der Waals surface area contributed by atoms with Gasteiger partial charge < -0.3 is 9.63 Å². The van der Waals surface area contributed by atoms with Crippen LogP contribution in [0.2, 0.25) is 0 Å². The second-order valence-electron chi connectivity index (χ2n) is 9.10. The lowest BCUT2D eigenvalue weighted by atomic mass is 9.79. The molecular formula is C23H26N2O3. The van der Waals surface area contributed by atoms with E-state index in [1.165, 1.54) is 23.3 Å². The predicted molar refractivity (Wildman–Crippen MR) is 110 cm³/mol. The van der Waals surface area contributed by atoms with Crippen LogP contribution in [0.25, 0.3) is 22.8 Å². The van der Waals surface area contributed by atoms with Gasteiger partial charge in [0.25, 0.3) is 5.89 Å². The van der Waals surface area contributed by atoms with Crippen LogP contribution in [0.15, 0.2) is 47.0 Å². The maximum absolute atomic E-state index is 11.0. The third-order valence-electron chi connectivity index (χ3n) is 4.73. The fraction of sp³-hybridized carbons (Fsp3) is 0.348. The van der Waals surface area contributed by atoms with E-state index in [1.54, 1.807) is 12.1 Å². The minimum atomic E-state index is -0.964. The highest BCUT2D eigenvalue weighted by Gasteiger charge is 2.22. The Labute approximate surface area is 165 Å². The molecule has 0 atom stereocenters. The summed E-state index contributed by atoms with van der Waals surface area (Å²) in [6.45, 7) is 13.1. The Morgan fingerprint density at radius 2 is 1.39 bits per heavy atom. The van der Waals surface area contributed by atoms with E-state index in [1.807, 2.05) is 0 Å². The average Bonchev–Trinajstić information content (AvgIpc) is 3.10. The molecule has 0 bridgehead atoms. The summed E-state index contributed by atoms with van der Waals surface area (Å²) < 4.78 is 5.54. The number of carbonyl (C=O) groups is 1. The summed E-state index contributed by atoms with van der Waals surface area (Å²) in [4.78, 5) is 15.6. The first-order valence-corrected chi connectivity index (χ1v) is 9.29. The first-order valence-electron chi connectivity index (χ1n) is 9.29. The lowest BCUT2D eigenvalue weighted by Crippen LogP contribution is -2.16. The number of aromatic carboxylic acids is 1. The zero-order valence-corrected chi connectivity index (χ0v) is 17.2. The first-order chi connectivity index (χ1) is 12.9. The maximum atomic E-state index is 11.0. The van der Waals surface area contributed by atoms with E-state index in [4.69, 9.17) is 9.63 Å². The molecule has 0 spiro atoms. The summed E-state index contributed by atoms with van der Waals surface area (Å²) in [6.07, 6.45) is 0. The second kappa shape index (κ2) is 6.89. The Balaban J connectivity index is 2.03. The number of hydrogen-bond acceptors (Lipinski definition) is 4. The van der Waals surface area contributed by atoms with Crippen LogP contribution in [0.1, 0.15) is 63.0 Å². The normalized spacial score (nSPS) is 12.2. The molecular weight excluding hydrogens is 352 g/mol. The lowest BCUT2D eigenvalue weighted by molar-refractivity contribution is 0.0697. The van der Waals surface area contributed by atoms with Crippen molar-refractivity contribution in [2.75, 3.05) is 0 Å². The fourth-order valence-corrected chi connectivity index (χ4v) is 2.84. The highest BCUT2D eigenvalue weighted by atomic mass is 16.5. The molecule has 2 aromatic carbocycles. The van der Waals surface area contributed by atoms with Crippen molar-refractivity contribution in [3.8, 4) is 22.8 Å². The minimum Gasteiger partial charge on any atom is -0.478 e. The summed E-state index contributed by atoms with van der Waals surface area (Å²) in [6, 6.07) is 12.9. The molecule has 0 saturated carbocycles. The monoisotopic (exact) mass is 378 g/mol. The molecule has 0 fully saturated rings. The zero-order chi connectivity index (χ0) is 20.7. The number of hydrogen-bond donors (Lipinski definition) is 1. The van der Waals surface area contributed by atoms with E-state index in [2.05, 4.69) is 69.9 Å². The van der Waals surface area contributed by atoms with Crippen molar-refractivity contribution in [3.63, 3.8) is 0 Å². The predicted octanol–water partition coefficient (Wildman–Crippen LogP) is 5.70. The van der Waals surface area contributed by atoms with Gasteiger partial charge in [-0.2, -0.15) is 4.98 Å². The topological polar surface area (TPSA) is 76.2 Å². The molecule has 0 amide bonds. The van der Waals surface area contributed by atoms with Gasteiger partial charge in [-0.25, -0.2) is 4.79 Å². The van der Waals surface area contributed by atoms with Crippen LogP contribution in [-0.4, -0.2) is 21.2 Å². The van der Waals surface area contributed by atoms with Gasteiger partial charge in [0.2, 0.25) is 5.82 Å². The second-order valence-corrected chi connectivity index (χ2v) is 9.10. The molecule has 0 aliphatic heterocycles. The van der Waals surface area contributed by atoms with E-state index in [-0.39, 0.29) is 16.4 Å². The molecule has 1 aromatic heterocycles. The molecule has 1 N–H and O–H groups in total. The Kier molecular flexibility index (Phi) is 4.88. The summed E-state index contributed by atoms with van der Waals surface area (Å²) in [5, 5.41) is 13.1. The van der Waals surface area contributed by atoms with Gasteiger partial charge in [-0.1, -0.05) is 64.9 Å². The van der Waals surface area contributed by atoms with Crippen molar-refractivity contribution in [2.24, 2.45) is 0 Å². The van der Waals surface area contributed by atoms with Crippen molar-refractivity contribution < 1.29 is 14.4 Å². The molecule has 0 aliphatic carbocycles. The number of carboxylic acids is 1. The lowest BCUT2D eigenvalue weighted by Gasteiger charge is -2.25. The van der Waals surface area contributed by atoms with Crippen LogP contribution in [-0.2, 0) is 10.8 Å².